The highest BCUT2D eigenvalue weighted by Gasteiger charge is 2.22. The highest BCUT2D eigenvalue weighted by molar-refractivity contribution is 7.89. The molecule has 0 fully saturated rings. The number of hydrogen-bond donors (Lipinski definition) is 2. The van der Waals surface area contributed by atoms with Crippen LogP contribution in [0.2, 0.25) is 0 Å². The molecular weight excluding hydrogens is 406 g/mol. The minimum absolute atomic E-state index is 0.106. The Kier molecular flexibility index (Phi) is 5.06. The molecule has 4 rings (SSSR count). The molecule has 154 valence electrons. The monoisotopic (exact) mass is 425 g/mol. The van der Waals surface area contributed by atoms with Crippen molar-refractivity contribution in [1.29, 1.82) is 0 Å². The molecule has 30 heavy (non-hydrogen) atoms. The summed E-state index contributed by atoms with van der Waals surface area (Å²) in [5.41, 5.74) is 1.69. The Morgan fingerprint density at radius 1 is 1.03 bits per heavy atom. The fourth-order valence-electron chi connectivity index (χ4n) is 3.04. The third kappa shape index (κ3) is 3.80. The van der Waals surface area contributed by atoms with Crippen molar-refractivity contribution in [3.8, 4) is 12.0 Å². The summed E-state index contributed by atoms with van der Waals surface area (Å²) >= 11 is 0. The number of anilines is 1. The van der Waals surface area contributed by atoms with Crippen LogP contribution >= 0.6 is 0 Å². The van der Waals surface area contributed by atoms with Gasteiger partial charge in [0.25, 0.3) is 0 Å². The fourth-order valence-corrected chi connectivity index (χ4v) is 3.72. The first-order valence-electron chi connectivity index (χ1n) is 8.96. The third-order valence-electron chi connectivity index (χ3n) is 4.34. The fraction of sp³-hybridized carbons (Fsp3) is 0.158. The maximum Gasteiger partial charge on any atom is 0.304 e. The SMILES string of the molecule is COc1nc2c(S(N)(=O)=O)cccc2n1-c1nc(C)nc(NCc2ccccc2)n1. The molecule has 2 aromatic carbocycles. The van der Waals surface area contributed by atoms with Gasteiger partial charge in [-0.2, -0.15) is 19.9 Å². The van der Waals surface area contributed by atoms with Gasteiger partial charge in [-0.3, -0.25) is 0 Å². The molecule has 4 aromatic rings. The number of fused-ring (bicyclic) bond motifs is 1. The first-order chi connectivity index (χ1) is 14.4. The van der Waals surface area contributed by atoms with E-state index in [2.05, 4.69) is 25.3 Å². The van der Waals surface area contributed by atoms with Gasteiger partial charge in [0.15, 0.2) is 0 Å². The van der Waals surface area contributed by atoms with Crippen LogP contribution in [-0.2, 0) is 16.6 Å². The molecule has 0 atom stereocenters. The van der Waals surface area contributed by atoms with E-state index in [1.165, 1.54) is 17.7 Å². The van der Waals surface area contributed by atoms with Crippen molar-refractivity contribution in [2.75, 3.05) is 12.4 Å². The number of benzene rings is 2. The Bertz CT molecular complexity index is 1320. The number of methoxy groups -OCH3 is 1. The minimum atomic E-state index is -3.98. The van der Waals surface area contributed by atoms with E-state index < -0.39 is 10.0 Å². The van der Waals surface area contributed by atoms with Crippen LogP contribution in [0.3, 0.4) is 0 Å². The summed E-state index contributed by atoms with van der Waals surface area (Å²) in [7, 11) is -2.55. The summed E-state index contributed by atoms with van der Waals surface area (Å²) in [6.07, 6.45) is 0. The van der Waals surface area contributed by atoms with E-state index >= 15 is 0 Å². The molecule has 2 heterocycles. The average Bonchev–Trinajstić information content (AvgIpc) is 3.10. The predicted octanol–water partition coefficient (Wildman–Crippen LogP) is 1.79. The average molecular weight is 425 g/mol. The summed E-state index contributed by atoms with van der Waals surface area (Å²) in [6.45, 7) is 2.27. The van der Waals surface area contributed by atoms with Crippen molar-refractivity contribution in [2.45, 2.75) is 18.4 Å². The Morgan fingerprint density at radius 2 is 1.80 bits per heavy atom. The van der Waals surface area contributed by atoms with Crippen molar-refractivity contribution in [2.24, 2.45) is 5.14 Å². The number of imidazole rings is 1. The second kappa shape index (κ2) is 7.69. The molecule has 0 radical (unpaired) electrons. The number of aryl methyl sites for hydroxylation is 1. The Labute approximate surface area is 172 Å². The second-order valence-corrected chi connectivity index (χ2v) is 7.98. The van der Waals surface area contributed by atoms with Gasteiger partial charge >= 0.3 is 6.01 Å². The van der Waals surface area contributed by atoms with E-state index in [4.69, 9.17) is 9.88 Å². The van der Waals surface area contributed by atoms with Crippen LogP contribution in [0, 0.1) is 6.92 Å². The van der Waals surface area contributed by atoms with E-state index in [1.807, 2.05) is 30.3 Å². The highest BCUT2D eigenvalue weighted by Crippen LogP contribution is 2.28. The molecule has 10 nitrogen and oxygen atoms in total. The lowest BCUT2D eigenvalue weighted by atomic mass is 10.2. The lowest BCUT2D eigenvalue weighted by Crippen LogP contribution is -2.13. The van der Waals surface area contributed by atoms with Crippen molar-refractivity contribution >= 4 is 27.0 Å². The van der Waals surface area contributed by atoms with Crippen LogP contribution in [-0.4, -0.2) is 40.0 Å². The molecule has 11 heteroatoms. The molecule has 0 bridgehead atoms. The molecule has 0 aliphatic rings. The topological polar surface area (TPSA) is 138 Å². The van der Waals surface area contributed by atoms with Gasteiger partial charge in [-0.15, -0.1) is 0 Å². The molecule has 3 N–H and O–H groups in total. The van der Waals surface area contributed by atoms with Gasteiger partial charge in [-0.1, -0.05) is 36.4 Å². The van der Waals surface area contributed by atoms with Gasteiger partial charge in [0, 0.05) is 6.54 Å². The van der Waals surface area contributed by atoms with E-state index in [0.717, 1.165) is 5.56 Å². The number of sulfonamides is 1. The lowest BCUT2D eigenvalue weighted by Gasteiger charge is -2.10. The van der Waals surface area contributed by atoms with E-state index in [9.17, 15) is 8.42 Å². The van der Waals surface area contributed by atoms with E-state index in [0.29, 0.717) is 23.8 Å². The zero-order valence-electron chi connectivity index (χ0n) is 16.3. The number of nitrogens with zero attached hydrogens (tertiary/aromatic N) is 5. The lowest BCUT2D eigenvalue weighted by molar-refractivity contribution is 0.374. The van der Waals surface area contributed by atoms with Crippen LogP contribution in [0.4, 0.5) is 5.95 Å². The summed E-state index contributed by atoms with van der Waals surface area (Å²) in [5, 5.41) is 8.51. The molecule has 0 aliphatic heterocycles. The summed E-state index contributed by atoms with van der Waals surface area (Å²) < 4.78 is 30.8. The van der Waals surface area contributed by atoms with Crippen LogP contribution in [0.1, 0.15) is 11.4 Å². The van der Waals surface area contributed by atoms with Crippen LogP contribution < -0.4 is 15.2 Å². The van der Waals surface area contributed by atoms with Crippen LogP contribution in [0.15, 0.2) is 53.4 Å². The van der Waals surface area contributed by atoms with E-state index in [-0.39, 0.29) is 22.4 Å². The van der Waals surface area contributed by atoms with Gasteiger partial charge < -0.3 is 10.1 Å². The summed E-state index contributed by atoms with van der Waals surface area (Å²) in [4.78, 5) is 17.4. The predicted molar refractivity (Wildman–Crippen MR) is 111 cm³/mol. The number of rotatable bonds is 6. The normalized spacial score (nSPS) is 11.6. The Hall–Kier alpha value is -3.57. The number of hydrogen-bond acceptors (Lipinski definition) is 8. The van der Waals surface area contributed by atoms with Gasteiger partial charge in [0.1, 0.15) is 16.2 Å². The van der Waals surface area contributed by atoms with E-state index in [1.54, 1.807) is 19.1 Å². The van der Waals surface area contributed by atoms with Crippen molar-refractivity contribution in [1.82, 2.24) is 24.5 Å². The van der Waals surface area contributed by atoms with Gasteiger partial charge in [-0.25, -0.2) is 18.1 Å². The van der Waals surface area contributed by atoms with Crippen molar-refractivity contribution in [3.05, 3.63) is 59.9 Å². The molecule has 0 saturated heterocycles. The van der Waals surface area contributed by atoms with Crippen LogP contribution in [0.5, 0.6) is 6.01 Å². The number of ether oxygens (including phenoxy) is 1. The Morgan fingerprint density at radius 3 is 2.50 bits per heavy atom. The molecule has 0 amide bonds. The summed E-state index contributed by atoms with van der Waals surface area (Å²) in [5.74, 6) is 1.08. The largest absolute Gasteiger partial charge is 0.468 e. The standard InChI is InChI=1S/C19H19N7O3S/c1-12-22-17(21-11-13-7-4-3-5-8-13)25-18(23-12)26-14-9-6-10-15(30(20,27)28)16(14)24-19(26)29-2/h3-10H,11H2,1-2H3,(H2,20,27,28)(H,21,22,23,25). The van der Waals surface area contributed by atoms with Crippen LogP contribution in [0.25, 0.3) is 17.0 Å². The molecular formula is C19H19N7O3S. The number of primary sulfonamides is 1. The van der Waals surface area contributed by atoms with Gasteiger partial charge in [0.2, 0.25) is 21.9 Å². The number of para-hydroxylation sites is 1. The number of nitrogens with one attached hydrogen (secondary N) is 1. The molecule has 0 spiro atoms. The highest BCUT2D eigenvalue weighted by atomic mass is 32.2. The maximum atomic E-state index is 12.0. The maximum absolute atomic E-state index is 12.0. The minimum Gasteiger partial charge on any atom is -0.468 e. The summed E-state index contributed by atoms with van der Waals surface area (Å²) in [6, 6.07) is 14.6. The number of aromatic nitrogens is 5. The third-order valence-corrected chi connectivity index (χ3v) is 5.28. The van der Waals surface area contributed by atoms with Gasteiger partial charge in [0.05, 0.1) is 12.6 Å². The molecule has 2 aromatic heterocycles. The molecule has 0 unspecified atom stereocenters. The zero-order chi connectivity index (χ0) is 21.3. The molecule has 0 aliphatic carbocycles. The Balaban J connectivity index is 1.81. The van der Waals surface area contributed by atoms with Crippen molar-refractivity contribution < 1.29 is 13.2 Å². The quantitative estimate of drug-likeness (QED) is 0.477. The zero-order valence-corrected chi connectivity index (χ0v) is 17.1. The first-order valence-corrected chi connectivity index (χ1v) is 10.5. The smallest absolute Gasteiger partial charge is 0.304 e. The first kappa shape index (κ1) is 19.7. The number of nitrogens with two attached hydrogens (primary N) is 1. The van der Waals surface area contributed by atoms with Crippen molar-refractivity contribution in [3.63, 3.8) is 0 Å². The second-order valence-electron chi connectivity index (χ2n) is 6.45. The molecule has 0 saturated carbocycles. The van der Waals surface area contributed by atoms with Gasteiger partial charge in [-0.05, 0) is 24.6 Å².